The first-order valence-electron chi connectivity index (χ1n) is 4.64. The van der Waals surface area contributed by atoms with Gasteiger partial charge in [0.25, 0.3) is 0 Å². The molecule has 3 heteroatoms. The number of halogens is 1. The third-order valence-corrected chi connectivity index (χ3v) is 3.19. The predicted molar refractivity (Wildman–Crippen MR) is 57.2 cm³/mol. The van der Waals surface area contributed by atoms with Crippen LogP contribution in [0.15, 0.2) is 28.7 Å². The van der Waals surface area contributed by atoms with Crippen molar-refractivity contribution in [2.45, 2.75) is 18.8 Å². The Morgan fingerprint density at radius 2 is 2.07 bits per heavy atom. The van der Waals surface area contributed by atoms with Gasteiger partial charge in [0.05, 0.1) is 0 Å². The van der Waals surface area contributed by atoms with E-state index in [0.717, 1.165) is 10.9 Å². The number of rotatable bonds is 3. The normalized spacial score (nSPS) is 24.6. The number of carbonyl (C=O) groups is 1. The van der Waals surface area contributed by atoms with Crippen molar-refractivity contribution >= 4 is 21.9 Å². The zero-order chi connectivity index (χ0) is 10.1. The quantitative estimate of drug-likeness (QED) is 0.901. The summed E-state index contributed by atoms with van der Waals surface area (Å²) in [5.74, 6) is 0.141. The molecule has 2 atom stereocenters. The van der Waals surface area contributed by atoms with Crippen molar-refractivity contribution in [3.63, 3.8) is 0 Å². The van der Waals surface area contributed by atoms with Gasteiger partial charge in [0, 0.05) is 10.9 Å². The molecule has 1 aliphatic rings. The largest absolute Gasteiger partial charge is 0.481 e. The third-order valence-electron chi connectivity index (χ3n) is 2.66. The number of carboxylic acids is 1. The second kappa shape index (κ2) is 3.73. The van der Waals surface area contributed by atoms with Crippen LogP contribution in [0.1, 0.15) is 24.3 Å². The van der Waals surface area contributed by atoms with E-state index >= 15 is 0 Å². The molecule has 1 aromatic carbocycles. The van der Waals surface area contributed by atoms with Crippen LogP contribution in [0.2, 0.25) is 0 Å². The Bertz CT molecular complexity index is 345. The molecule has 0 heterocycles. The molecule has 1 fully saturated rings. The monoisotopic (exact) mass is 254 g/mol. The number of aliphatic carboxylic acids is 1. The van der Waals surface area contributed by atoms with Crippen molar-refractivity contribution in [2.75, 3.05) is 0 Å². The summed E-state index contributed by atoms with van der Waals surface area (Å²) in [4.78, 5) is 10.5. The van der Waals surface area contributed by atoms with E-state index in [-0.39, 0.29) is 0 Å². The molecule has 1 aliphatic carbocycles. The highest BCUT2D eigenvalue weighted by Crippen LogP contribution is 2.49. The van der Waals surface area contributed by atoms with Crippen LogP contribution >= 0.6 is 15.9 Å². The van der Waals surface area contributed by atoms with Gasteiger partial charge in [-0.1, -0.05) is 28.1 Å². The summed E-state index contributed by atoms with van der Waals surface area (Å²) in [6.07, 6.45) is 1.33. The summed E-state index contributed by atoms with van der Waals surface area (Å²) in [6.45, 7) is 0. The summed E-state index contributed by atoms with van der Waals surface area (Å²) in [6, 6.07) is 8.14. The highest BCUT2D eigenvalue weighted by atomic mass is 79.9. The van der Waals surface area contributed by atoms with E-state index in [1.54, 1.807) is 0 Å². The Labute approximate surface area is 91.1 Å². The summed E-state index contributed by atoms with van der Waals surface area (Å²) >= 11 is 3.38. The fourth-order valence-corrected chi connectivity index (χ4v) is 2.08. The van der Waals surface area contributed by atoms with Crippen LogP contribution in [0.5, 0.6) is 0 Å². The lowest BCUT2D eigenvalue weighted by molar-refractivity contribution is -0.137. The molecule has 1 aromatic rings. The highest BCUT2D eigenvalue weighted by Gasteiger charge is 2.39. The Kier molecular flexibility index (Phi) is 2.59. The van der Waals surface area contributed by atoms with Crippen LogP contribution in [0, 0.1) is 5.92 Å². The zero-order valence-corrected chi connectivity index (χ0v) is 9.20. The van der Waals surface area contributed by atoms with Gasteiger partial charge in [-0.2, -0.15) is 0 Å². The SMILES string of the molecule is O=C(O)C[C@@H]1C[C@@H]1c1ccc(Br)cc1. The molecule has 2 rings (SSSR count). The number of hydrogen-bond donors (Lipinski definition) is 1. The van der Waals surface area contributed by atoms with Crippen molar-refractivity contribution in [1.29, 1.82) is 0 Å². The average Bonchev–Trinajstić information content (AvgIpc) is 2.84. The summed E-state index contributed by atoms with van der Waals surface area (Å²) in [7, 11) is 0. The maximum atomic E-state index is 10.5. The minimum absolute atomic E-state index is 0.306. The molecule has 0 saturated heterocycles. The van der Waals surface area contributed by atoms with Gasteiger partial charge in [-0.3, -0.25) is 4.79 Å². The van der Waals surface area contributed by atoms with E-state index in [1.807, 2.05) is 12.1 Å². The van der Waals surface area contributed by atoms with E-state index in [0.29, 0.717) is 18.3 Å². The lowest BCUT2D eigenvalue weighted by Crippen LogP contribution is -1.96. The lowest BCUT2D eigenvalue weighted by Gasteiger charge is -1.98. The second-order valence-electron chi connectivity index (χ2n) is 3.75. The fourth-order valence-electron chi connectivity index (χ4n) is 1.82. The van der Waals surface area contributed by atoms with Gasteiger partial charge >= 0.3 is 5.97 Å². The van der Waals surface area contributed by atoms with Crippen LogP contribution in [-0.4, -0.2) is 11.1 Å². The number of benzene rings is 1. The molecule has 0 aromatic heterocycles. The van der Waals surface area contributed by atoms with E-state index in [1.165, 1.54) is 5.56 Å². The minimum Gasteiger partial charge on any atom is -0.481 e. The summed E-state index contributed by atoms with van der Waals surface area (Å²) < 4.78 is 1.07. The number of hydrogen-bond acceptors (Lipinski definition) is 1. The molecular formula is C11H11BrO2. The van der Waals surface area contributed by atoms with Crippen molar-refractivity contribution in [1.82, 2.24) is 0 Å². The molecular weight excluding hydrogens is 244 g/mol. The van der Waals surface area contributed by atoms with Crippen molar-refractivity contribution < 1.29 is 9.90 Å². The molecule has 0 amide bonds. The van der Waals surface area contributed by atoms with Gasteiger partial charge in [-0.05, 0) is 36.0 Å². The Hall–Kier alpha value is -0.830. The van der Waals surface area contributed by atoms with Crippen LogP contribution in [-0.2, 0) is 4.79 Å². The molecule has 2 nitrogen and oxygen atoms in total. The first-order chi connectivity index (χ1) is 6.66. The molecule has 14 heavy (non-hydrogen) atoms. The molecule has 0 spiro atoms. The van der Waals surface area contributed by atoms with Crippen LogP contribution in [0.25, 0.3) is 0 Å². The van der Waals surface area contributed by atoms with E-state index in [4.69, 9.17) is 5.11 Å². The maximum Gasteiger partial charge on any atom is 0.303 e. The van der Waals surface area contributed by atoms with E-state index in [9.17, 15) is 4.79 Å². The van der Waals surface area contributed by atoms with Crippen LogP contribution in [0.3, 0.4) is 0 Å². The molecule has 1 saturated carbocycles. The molecule has 0 radical (unpaired) electrons. The van der Waals surface area contributed by atoms with Crippen molar-refractivity contribution in [2.24, 2.45) is 5.92 Å². The topological polar surface area (TPSA) is 37.3 Å². The van der Waals surface area contributed by atoms with Gasteiger partial charge in [0.15, 0.2) is 0 Å². The standard InChI is InChI=1S/C11H11BrO2/c12-9-3-1-7(2-4-9)10-5-8(10)6-11(13)14/h1-4,8,10H,5-6H2,(H,13,14)/t8-,10+/m0/s1. The van der Waals surface area contributed by atoms with Crippen LogP contribution in [0.4, 0.5) is 0 Å². The van der Waals surface area contributed by atoms with Gasteiger partial charge in [0.1, 0.15) is 0 Å². The van der Waals surface area contributed by atoms with Gasteiger partial charge in [0.2, 0.25) is 0 Å². The van der Waals surface area contributed by atoms with Crippen LogP contribution < -0.4 is 0 Å². The second-order valence-corrected chi connectivity index (χ2v) is 4.67. The zero-order valence-electron chi connectivity index (χ0n) is 7.61. The Balaban J connectivity index is 1.99. The molecule has 1 N–H and O–H groups in total. The average molecular weight is 255 g/mol. The highest BCUT2D eigenvalue weighted by molar-refractivity contribution is 9.10. The van der Waals surface area contributed by atoms with Crippen molar-refractivity contribution in [3.05, 3.63) is 34.3 Å². The van der Waals surface area contributed by atoms with Gasteiger partial charge in [-0.25, -0.2) is 0 Å². The van der Waals surface area contributed by atoms with Gasteiger partial charge in [-0.15, -0.1) is 0 Å². The van der Waals surface area contributed by atoms with Gasteiger partial charge < -0.3 is 5.11 Å². The third kappa shape index (κ3) is 2.15. The Morgan fingerprint density at radius 1 is 1.43 bits per heavy atom. The number of carboxylic acid groups (broad SMARTS) is 1. The van der Waals surface area contributed by atoms with Crippen molar-refractivity contribution in [3.8, 4) is 0 Å². The molecule has 74 valence electrons. The van der Waals surface area contributed by atoms with E-state index < -0.39 is 5.97 Å². The first-order valence-corrected chi connectivity index (χ1v) is 5.43. The molecule has 0 bridgehead atoms. The Morgan fingerprint density at radius 3 is 2.64 bits per heavy atom. The smallest absolute Gasteiger partial charge is 0.303 e. The summed E-state index contributed by atoms with van der Waals surface area (Å²) in [5, 5.41) is 8.63. The lowest BCUT2D eigenvalue weighted by atomic mass is 10.1. The maximum absolute atomic E-state index is 10.5. The summed E-state index contributed by atoms with van der Waals surface area (Å²) in [5.41, 5.74) is 1.26. The minimum atomic E-state index is -0.686. The predicted octanol–water partition coefficient (Wildman–Crippen LogP) is 3.03. The fraction of sp³-hybridized carbons (Fsp3) is 0.364. The molecule has 0 unspecified atom stereocenters. The van der Waals surface area contributed by atoms with E-state index in [2.05, 4.69) is 28.1 Å². The first kappa shape index (κ1) is 9.71. The molecule has 0 aliphatic heterocycles.